The van der Waals surface area contributed by atoms with Crippen LogP contribution in [0.2, 0.25) is 5.02 Å². The van der Waals surface area contributed by atoms with Crippen LogP contribution < -0.4 is 4.90 Å². The molecule has 0 aliphatic carbocycles. The number of methoxy groups -OCH3 is 1. The number of carbonyl (C=O) groups excluding carboxylic acids is 2. The Morgan fingerprint density at radius 3 is 2.24 bits per heavy atom. The van der Waals surface area contributed by atoms with Gasteiger partial charge in [-0.1, -0.05) is 11.6 Å². The zero-order chi connectivity index (χ0) is 16.0. The topological polar surface area (TPSA) is 55.8 Å². The highest BCUT2D eigenvalue weighted by atomic mass is 35.5. The second-order valence-corrected chi connectivity index (χ2v) is 5.87. The van der Waals surface area contributed by atoms with E-state index >= 15 is 0 Å². The molecular weight excluding hydrogens is 294 g/mol. The van der Waals surface area contributed by atoms with Crippen LogP contribution in [-0.2, 0) is 14.3 Å². The Bertz CT molecular complexity index is 493. The fraction of sp³-hybridized carbons (Fsp3) is 0.467. The molecule has 1 rings (SSSR count). The monoisotopic (exact) mass is 313 g/mol. The third kappa shape index (κ3) is 6.04. The lowest BCUT2D eigenvalue weighted by atomic mass is 10.2. The molecule has 0 saturated carbocycles. The quantitative estimate of drug-likeness (QED) is 0.796. The molecule has 0 spiro atoms. The number of amides is 1. The summed E-state index contributed by atoms with van der Waals surface area (Å²) in [6.07, 6.45) is -0.438. The highest BCUT2D eigenvalue weighted by molar-refractivity contribution is 6.30. The standard InChI is InChI=1S/C15H20ClNO4/c1-15(2,3)21-14(19)17(10-9-13(18)20-4)12-7-5-11(16)6-8-12/h5-8H,9-10H2,1-4H3. The Labute approximate surface area is 129 Å². The van der Waals surface area contributed by atoms with Gasteiger partial charge in [0.15, 0.2) is 0 Å². The van der Waals surface area contributed by atoms with Crippen molar-refractivity contribution in [3.8, 4) is 0 Å². The van der Waals surface area contributed by atoms with E-state index in [0.29, 0.717) is 10.7 Å². The Morgan fingerprint density at radius 1 is 1.19 bits per heavy atom. The third-order valence-electron chi connectivity index (χ3n) is 2.52. The molecule has 0 saturated heterocycles. The van der Waals surface area contributed by atoms with Gasteiger partial charge in [-0.15, -0.1) is 0 Å². The van der Waals surface area contributed by atoms with Crippen molar-refractivity contribution >= 4 is 29.4 Å². The molecule has 0 atom stereocenters. The molecule has 0 aromatic heterocycles. The second-order valence-electron chi connectivity index (χ2n) is 5.43. The predicted molar refractivity (Wildman–Crippen MR) is 81.7 cm³/mol. The predicted octanol–water partition coefficient (Wildman–Crippen LogP) is 3.64. The van der Waals surface area contributed by atoms with Gasteiger partial charge in [0.25, 0.3) is 0 Å². The lowest BCUT2D eigenvalue weighted by Gasteiger charge is -2.27. The molecule has 5 nitrogen and oxygen atoms in total. The summed E-state index contributed by atoms with van der Waals surface area (Å²) < 4.78 is 9.95. The molecule has 1 aromatic rings. The largest absolute Gasteiger partial charge is 0.469 e. The summed E-state index contributed by atoms with van der Waals surface area (Å²) >= 11 is 5.84. The average Bonchev–Trinajstić information content (AvgIpc) is 2.38. The minimum Gasteiger partial charge on any atom is -0.469 e. The zero-order valence-corrected chi connectivity index (χ0v) is 13.4. The molecule has 0 aliphatic heterocycles. The number of halogens is 1. The fourth-order valence-electron chi connectivity index (χ4n) is 1.57. The number of anilines is 1. The van der Waals surface area contributed by atoms with Crippen LogP contribution in [-0.4, -0.2) is 31.3 Å². The molecule has 21 heavy (non-hydrogen) atoms. The van der Waals surface area contributed by atoms with Crippen LogP contribution in [0.15, 0.2) is 24.3 Å². The third-order valence-corrected chi connectivity index (χ3v) is 2.77. The van der Waals surface area contributed by atoms with E-state index in [1.807, 2.05) is 0 Å². The second kappa shape index (κ2) is 7.31. The number of esters is 1. The first-order chi connectivity index (χ1) is 9.73. The van der Waals surface area contributed by atoms with E-state index in [2.05, 4.69) is 4.74 Å². The molecule has 0 fully saturated rings. The number of benzene rings is 1. The van der Waals surface area contributed by atoms with Crippen LogP contribution in [0.5, 0.6) is 0 Å². The van der Waals surface area contributed by atoms with Gasteiger partial charge in [-0.05, 0) is 45.0 Å². The number of hydrogen-bond acceptors (Lipinski definition) is 4. The van der Waals surface area contributed by atoms with Gasteiger partial charge in [-0.25, -0.2) is 4.79 Å². The number of hydrogen-bond donors (Lipinski definition) is 0. The normalized spacial score (nSPS) is 10.9. The summed E-state index contributed by atoms with van der Waals surface area (Å²) in [6.45, 7) is 5.52. The molecule has 0 radical (unpaired) electrons. The number of carbonyl (C=O) groups is 2. The smallest absolute Gasteiger partial charge is 0.414 e. The van der Waals surface area contributed by atoms with E-state index < -0.39 is 17.7 Å². The first kappa shape index (κ1) is 17.3. The lowest BCUT2D eigenvalue weighted by molar-refractivity contribution is -0.140. The van der Waals surface area contributed by atoms with Crippen LogP contribution in [0, 0.1) is 0 Å². The molecule has 0 aliphatic rings. The van der Waals surface area contributed by atoms with Crippen LogP contribution >= 0.6 is 11.6 Å². The van der Waals surface area contributed by atoms with Crippen molar-refractivity contribution in [1.82, 2.24) is 0 Å². The minimum atomic E-state index is -0.618. The highest BCUT2D eigenvalue weighted by Gasteiger charge is 2.24. The van der Waals surface area contributed by atoms with Crippen molar-refractivity contribution in [2.75, 3.05) is 18.6 Å². The maximum Gasteiger partial charge on any atom is 0.414 e. The van der Waals surface area contributed by atoms with E-state index in [1.165, 1.54) is 12.0 Å². The first-order valence-corrected chi connectivity index (χ1v) is 6.93. The average molecular weight is 314 g/mol. The Hall–Kier alpha value is -1.75. The molecular formula is C15H20ClNO4. The number of nitrogens with zero attached hydrogens (tertiary/aromatic N) is 1. The molecule has 0 N–H and O–H groups in total. The van der Waals surface area contributed by atoms with Crippen LogP contribution in [0.3, 0.4) is 0 Å². The summed E-state index contributed by atoms with van der Waals surface area (Å²) in [6, 6.07) is 6.74. The van der Waals surface area contributed by atoms with Crippen LogP contribution in [0.25, 0.3) is 0 Å². The Kier molecular flexibility index (Phi) is 6.03. The van der Waals surface area contributed by atoms with Crippen molar-refractivity contribution in [3.63, 3.8) is 0 Å². The van der Waals surface area contributed by atoms with Crippen molar-refractivity contribution in [1.29, 1.82) is 0 Å². The Balaban J connectivity index is 2.91. The maximum atomic E-state index is 12.3. The molecule has 0 heterocycles. The summed E-state index contributed by atoms with van der Waals surface area (Å²) in [7, 11) is 1.31. The van der Waals surface area contributed by atoms with Gasteiger partial charge in [0.2, 0.25) is 0 Å². The summed E-state index contributed by atoms with van der Waals surface area (Å²) in [4.78, 5) is 24.9. The van der Waals surface area contributed by atoms with E-state index in [-0.39, 0.29) is 13.0 Å². The van der Waals surface area contributed by atoms with Crippen molar-refractivity contribution in [2.45, 2.75) is 32.8 Å². The number of ether oxygens (including phenoxy) is 2. The zero-order valence-electron chi connectivity index (χ0n) is 12.7. The van der Waals surface area contributed by atoms with E-state index in [0.717, 1.165) is 0 Å². The van der Waals surface area contributed by atoms with Gasteiger partial charge in [-0.3, -0.25) is 9.69 Å². The molecule has 0 unspecified atom stereocenters. The van der Waals surface area contributed by atoms with Gasteiger partial charge >= 0.3 is 12.1 Å². The van der Waals surface area contributed by atoms with E-state index in [1.54, 1.807) is 45.0 Å². The lowest BCUT2D eigenvalue weighted by Crippen LogP contribution is -2.38. The highest BCUT2D eigenvalue weighted by Crippen LogP contribution is 2.21. The van der Waals surface area contributed by atoms with E-state index in [4.69, 9.17) is 16.3 Å². The van der Waals surface area contributed by atoms with Gasteiger partial charge in [0.1, 0.15) is 5.60 Å². The van der Waals surface area contributed by atoms with Crippen LogP contribution in [0.1, 0.15) is 27.2 Å². The van der Waals surface area contributed by atoms with Crippen LogP contribution in [0.4, 0.5) is 10.5 Å². The first-order valence-electron chi connectivity index (χ1n) is 6.56. The van der Waals surface area contributed by atoms with Gasteiger partial charge in [0.05, 0.1) is 13.5 Å². The summed E-state index contributed by atoms with van der Waals surface area (Å²) in [5.74, 6) is -0.391. The summed E-state index contributed by atoms with van der Waals surface area (Å²) in [5.41, 5.74) is -0.00919. The van der Waals surface area contributed by atoms with Gasteiger partial charge in [0, 0.05) is 17.3 Å². The maximum absolute atomic E-state index is 12.3. The molecule has 1 aromatic carbocycles. The van der Waals surface area contributed by atoms with Crippen molar-refractivity contribution in [3.05, 3.63) is 29.3 Å². The molecule has 1 amide bonds. The minimum absolute atomic E-state index is 0.0817. The molecule has 0 bridgehead atoms. The number of rotatable bonds is 4. The molecule has 6 heteroatoms. The Morgan fingerprint density at radius 2 is 1.76 bits per heavy atom. The van der Waals surface area contributed by atoms with E-state index in [9.17, 15) is 9.59 Å². The van der Waals surface area contributed by atoms with Crippen molar-refractivity contribution in [2.24, 2.45) is 0 Å². The summed E-state index contributed by atoms with van der Waals surface area (Å²) in [5, 5.41) is 0.566. The van der Waals surface area contributed by atoms with Gasteiger partial charge < -0.3 is 9.47 Å². The fourth-order valence-corrected chi connectivity index (χ4v) is 1.69. The van der Waals surface area contributed by atoms with Crippen molar-refractivity contribution < 1.29 is 19.1 Å². The van der Waals surface area contributed by atoms with Gasteiger partial charge in [-0.2, -0.15) is 0 Å². The molecule has 116 valence electrons. The SMILES string of the molecule is COC(=O)CCN(C(=O)OC(C)(C)C)c1ccc(Cl)cc1.